The van der Waals surface area contributed by atoms with Gasteiger partial charge in [0, 0.05) is 18.0 Å². The van der Waals surface area contributed by atoms with Gasteiger partial charge in [0.25, 0.3) is 0 Å². The van der Waals surface area contributed by atoms with Gasteiger partial charge in [-0.1, -0.05) is 12.2 Å². The quantitative estimate of drug-likeness (QED) is 0.422. The van der Waals surface area contributed by atoms with E-state index in [-0.39, 0.29) is 17.6 Å². The van der Waals surface area contributed by atoms with E-state index in [0.717, 1.165) is 0 Å². The molecule has 2 aliphatic carbocycles. The zero-order valence-electron chi connectivity index (χ0n) is 13.5. The van der Waals surface area contributed by atoms with Crippen LogP contribution in [0.2, 0.25) is 0 Å². The second-order valence-electron chi connectivity index (χ2n) is 6.37. The fourth-order valence-corrected chi connectivity index (χ4v) is 3.58. The monoisotopic (exact) mass is 371 g/mol. The van der Waals surface area contributed by atoms with Gasteiger partial charge in [0.05, 0.1) is 5.92 Å². The van der Waals surface area contributed by atoms with Crippen molar-refractivity contribution in [1.29, 1.82) is 0 Å². The minimum atomic E-state index is -4.39. The number of halogens is 4. The molecule has 0 aromatic carbocycles. The van der Waals surface area contributed by atoms with Crippen LogP contribution < -0.4 is 10.8 Å². The molecule has 3 N–H and O–H groups in total. The molecule has 26 heavy (non-hydrogen) atoms. The lowest BCUT2D eigenvalue weighted by atomic mass is 9.91. The van der Waals surface area contributed by atoms with Gasteiger partial charge in [0.1, 0.15) is 18.2 Å². The first-order valence-corrected chi connectivity index (χ1v) is 8.04. The minimum Gasteiger partial charge on any atom is -0.361 e. The number of hydroxylamine groups is 1. The summed E-state index contributed by atoms with van der Waals surface area (Å²) >= 11 is 0. The Balaban J connectivity index is 1.81. The summed E-state index contributed by atoms with van der Waals surface area (Å²) in [4.78, 5) is 15.8. The molecule has 9 heteroatoms. The first-order valence-electron chi connectivity index (χ1n) is 8.04. The Morgan fingerprint density at radius 3 is 2.81 bits per heavy atom. The van der Waals surface area contributed by atoms with Crippen LogP contribution in [0.5, 0.6) is 0 Å². The summed E-state index contributed by atoms with van der Waals surface area (Å²) in [5.41, 5.74) is 2.17. The molecule has 1 amide bonds. The van der Waals surface area contributed by atoms with Gasteiger partial charge in [-0.05, 0) is 36.1 Å². The van der Waals surface area contributed by atoms with Gasteiger partial charge in [-0.3, -0.25) is 10.0 Å². The number of rotatable bonds is 5. The molecule has 3 rings (SSSR count). The van der Waals surface area contributed by atoms with Crippen LogP contribution in [-0.4, -0.2) is 28.8 Å². The zero-order valence-corrected chi connectivity index (χ0v) is 13.5. The number of nitrogens with one attached hydrogen (secondary N) is 2. The maximum absolute atomic E-state index is 14.2. The Hall–Kier alpha value is -2.42. The number of pyridine rings is 1. The van der Waals surface area contributed by atoms with Crippen LogP contribution in [0, 0.1) is 17.8 Å². The van der Waals surface area contributed by atoms with Gasteiger partial charge in [0.15, 0.2) is 0 Å². The summed E-state index contributed by atoms with van der Waals surface area (Å²) in [5.74, 6) is -2.92. The lowest BCUT2D eigenvalue weighted by molar-refractivity contribution is -0.131. The van der Waals surface area contributed by atoms with Crippen molar-refractivity contribution >= 4 is 11.7 Å². The second kappa shape index (κ2) is 7.06. The Morgan fingerprint density at radius 2 is 2.15 bits per heavy atom. The molecule has 1 saturated carbocycles. The van der Waals surface area contributed by atoms with Crippen molar-refractivity contribution in [1.82, 2.24) is 10.5 Å². The van der Waals surface area contributed by atoms with Crippen LogP contribution in [0.1, 0.15) is 17.9 Å². The van der Waals surface area contributed by atoms with Crippen molar-refractivity contribution < 1.29 is 27.6 Å². The van der Waals surface area contributed by atoms with E-state index < -0.39 is 36.4 Å². The summed E-state index contributed by atoms with van der Waals surface area (Å²) in [6, 6.07) is 3.01. The smallest absolute Gasteiger partial charge is 0.361 e. The maximum atomic E-state index is 14.2. The third-order valence-electron chi connectivity index (χ3n) is 4.73. The number of amides is 1. The third-order valence-corrected chi connectivity index (χ3v) is 4.73. The van der Waals surface area contributed by atoms with Crippen molar-refractivity contribution in [3.63, 3.8) is 0 Å². The molecule has 140 valence electrons. The first-order chi connectivity index (χ1) is 12.3. The first kappa shape index (κ1) is 18.4. The number of alkyl halides is 3. The van der Waals surface area contributed by atoms with Gasteiger partial charge >= 0.3 is 6.18 Å². The number of allylic oxidation sites excluding steroid dienone is 4. The zero-order chi connectivity index (χ0) is 18.9. The summed E-state index contributed by atoms with van der Waals surface area (Å²) in [6.07, 6.45) is 2.09. The molecule has 5 nitrogen and oxygen atoms in total. The Kier molecular flexibility index (Phi) is 4.99. The Morgan fingerprint density at radius 1 is 1.38 bits per heavy atom. The number of anilines is 1. The average Bonchev–Trinajstić information content (AvgIpc) is 3.35. The number of carbonyl (C=O) groups is 1. The second-order valence-corrected chi connectivity index (χ2v) is 6.37. The molecule has 1 unspecified atom stereocenters. The van der Waals surface area contributed by atoms with E-state index in [0.29, 0.717) is 12.0 Å². The predicted molar refractivity (Wildman–Crippen MR) is 84.9 cm³/mol. The maximum Gasteiger partial charge on any atom is 0.405 e. The van der Waals surface area contributed by atoms with E-state index in [2.05, 4.69) is 10.3 Å². The summed E-state index contributed by atoms with van der Waals surface area (Å²) in [5, 5.41) is 11.1. The number of hydrogen-bond acceptors (Lipinski definition) is 4. The summed E-state index contributed by atoms with van der Waals surface area (Å²) in [7, 11) is 0. The van der Waals surface area contributed by atoms with Gasteiger partial charge in [-0.25, -0.2) is 14.9 Å². The van der Waals surface area contributed by atoms with Crippen LogP contribution in [0.4, 0.5) is 23.4 Å². The SMILES string of the molecule is O=C(NO)[C@H]1[C@H](c2ccnc(NCC(F)(F)F)c2)[C@H]1C1CC=CC=C1F. The molecule has 1 heterocycles. The Bertz CT molecular complexity index is 748. The normalized spacial score (nSPS) is 27.7. The minimum absolute atomic E-state index is 0.0215. The van der Waals surface area contributed by atoms with E-state index in [4.69, 9.17) is 5.21 Å². The topological polar surface area (TPSA) is 74.2 Å². The van der Waals surface area contributed by atoms with E-state index in [1.807, 2.05) is 0 Å². The van der Waals surface area contributed by atoms with Crippen molar-refractivity contribution in [3.05, 3.63) is 47.9 Å². The average molecular weight is 371 g/mol. The molecule has 0 bridgehead atoms. The van der Waals surface area contributed by atoms with Crippen molar-refractivity contribution in [3.8, 4) is 0 Å². The lowest BCUT2D eigenvalue weighted by Gasteiger charge is -2.16. The molecular weight excluding hydrogens is 354 g/mol. The fraction of sp³-hybridized carbons (Fsp3) is 0.412. The van der Waals surface area contributed by atoms with Gasteiger partial charge in [-0.2, -0.15) is 13.2 Å². The molecular formula is C17H17F4N3O2. The molecule has 2 aliphatic rings. The van der Waals surface area contributed by atoms with Crippen LogP contribution in [0.25, 0.3) is 0 Å². The molecule has 1 fully saturated rings. The van der Waals surface area contributed by atoms with E-state index in [1.165, 1.54) is 18.3 Å². The highest BCUT2D eigenvalue weighted by molar-refractivity contribution is 5.83. The highest BCUT2D eigenvalue weighted by atomic mass is 19.4. The largest absolute Gasteiger partial charge is 0.405 e. The molecule has 0 spiro atoms. The van der Waals surface area contributed by atoms with Crippen molar-refractivity contribution in [2.45, 2.75) is 18.5 Å². The number of aromatic nitrogens is 1. The highest BCUT2D eigenvalue weighted by Crippen LogP contribution is 2.60. The highest BCUT2D eigenvalue weighted by Gasteiger charge is 2.59. The summed E-state index contributed by atoms with van der Waals surface area (Å²) < 4.78 is 51.2. The molecule has 0 radical (unpaired) electrons. The molecule has 0 aliphatic heterocycles. The molecule has 1 aromatic heterocycles. The van der Waals surface area contributed by atoms with Crippen LogP contribution >= 0.6 is 0 Å². The summed E-state index contributed by atoms with van der Waals surface area (Å²) in [6.45, 7) is -1.23. The van der Waals surface area contributed by atoms with Crippen LogP contribution in [0.15, 0.2) is 42.4 Å². The Labute approximate surface area is 146 Å². The molecule has 4 atom stereocenters. The number of hydrogen-bond donors (Lipinski definition) is 3. The van der Waals surface area contributed by atoms with Crippen LogP contribution in [0.3, 0.4) is 0 Å². The fourth-order valence-electron chi connectivity index (χ4n) is 3.58. The molecule has 1 aromatic rings. The van der Waals surface area contributed by atoms with E-state index in [1.54, 1.807) is 23.7 Å². The van der Waals surface area contributed by atoms with Gasteiger partial charge in [0.2, 0.25) is 5.91 Å². The van der Waals surface area contributed by atoms with E-state index >= 15 is 0 Å². The van der Waals surface area contributed by atoms with Gasteiger partial charge < -0.3 is 5.32 Å². The number of nitrogens with zero attached hydrogens (tertiary/aromatic N) is 1. The van der Waals surface area contributed by atoms with Crippen molar-refractivity contribution in [2.24, 2.45) is 17.8 Å². The third kappa shape index (κ3) is 3.87. The van der Waals surface area contributed by atoms with Gasteiger partial charge in [-0.15, -0.1) is 0 Å². The predicted octanol–water partition coefficient (Wildman–Crippen LogP) is 3.32. The van der Waals surface area contributed by atoms with E-state index in [9.17, 15) is 22.4 Å². The lowest BCUT2D eigenvalue weighted by Crippen LogP contribution is -2.23. The van der Waals surface area contributed by atoms with Crippen molar-refractivity contribution in [2.75, 3.05) is 11.9 Å². The van der Waals surface area contributed by atoms with Crippen LogP contribution in [-0.2, 0) is 4.79 Å². The molecule has 0 saturated heterocycles. The number of carbonyl (C=O) groups excluding carboxylic acids is 1. The standard InChI is InChI=1S/C17H17F4N3O2/c18-11-4-2-1-3-10(11)14-13(15(14)16(25)24-26)9-5-6-22-12(7-9)23-8-17(19,20)21/h1-2,4-7,10,13-15,26H,3,8H2,(H,22,23)(H,24,25)/t10?,13-,14-,15+/m1/s1.